The van der Waals surface area contributed by atoms with Crippen LogP contribution in [0.1, 0.15) is 16.8 Å². The van der Waals surface area contributed by atoms with Crippen molar-refractivity contribution in [3.63, 3.8) is 0 Å². The molecular weight excluding hydrogens is 404 g/mol. The quantitative estimate of drug-likeness (QED) is 0.458. The number of imidazole rings is 2. The normalized spacial score (nSPS) is 16.3. The molecule has 0 amide bonds. The Hall–Kier alpha value is -3.43. The number of nitrogens with one attached hydrogen (secondary N) is 3. The van der Waals surface area contributed by atoms with E-state index in [4.69, 9.17) is 14.8 Å². The highest BCUT2D eigenvalue weighted by molar-refractivity contribution is 5.80. The summed E-state index contributed by atoms with van der Waals surface area (Å²) in [4.78, 5) is 14.6. The number of hydrogen-bond donors (Lipinski definition) is 3. The first-order valence-corrected chi connectivity index (χ1v) is 11.1. The van der Waals surface area contributed by atoms with Gasteiger partial charge in [0.05, 0.1) is 37.1 Å². The third-order valence-corrected chi connectivity index (χ3v) is 6.27. The number of aromatic amines is 1. The van der Waals surface area contributed by atoms with Crippen LogP contribution in [-0.2, 0) is 17.7 Å². The number of aryl methyl sites for hydroxylation is 1. The monoisotopic (exact) mass is 430 g/mol. The van der Waals surface area contributed by atoms with Gasteiger partial charge in [-0.15, -0.1) is 5.10 Å². The van der Waals surface area contributed by atoms with Crippen molar-refractivity contribution in [2.75, 3.05) is 43.1 Å². The summed E-state index contributed by atoms with van der Waals surface area (Å²) in [5, 5.41) is 12.2. The van der Waals surface area contributed by atoms with Gasteiger partial charge in [-0.1, -0.05) is 12.1 Å². The molecule has 0 saturated carbocycles. The van der Waals surface area contributed by atoms with E-state index in [1.165, 1.54) is 11.1 Å². The zero-order valence-electron chi connectivity index (χ0n) is 18.1. The van der Waals surface area contributed by atoms with Gasteiger partial charge in [-0.25, -0.2) is 9.97 Å². The van der Waals surface area contributed by atoms with Crippen LogP contribution in [-0.4, -0.2) is 57.4 Å². The van der Waals surface area contributed by atoms with Crippen molar-refractivity contribution in [3.05, 3.63) is 53.6 Å². The molecule has 0 radical (unpaired) electrons. The minimum Gasteiger partial charge on any atom is -0.378 e. The molecule has 9 heteroatoms. The molecule has 2 aliphatic rings. The second-order valence-corrected chi connectivity index (χ2v) is 8.26. The number of H-pyrrole nitrogens is 1. The Morgan fingerprint density at radius 3 is 2.94 bits per heavy atom. The Morgan fingerprint density at radius 1 is 1.19 bits per heavy atom. The lowest BCUT2D eigenvalue weighted by Crippen LogP contribution is -2.37. The van der Waals surface area contributed by atoms with Crippen LogP contribution in [0.4, 0.5) is 17.3 Å². The summed E-state index contributed by atoms with van der Waals surface area (Å²) < 4.78 is 7.48. The maximum absolute atomic E-state index is 5.55. The predicted octanol–water partition coefficient (Wildman–Crippen LogP) is 2.65. The van der Waals surface area contributed by atoms with Crippen LogP contribution >= 0.6 is 0 Å². The Kier molecular flexibility index (Phi) is 4.77. The van der Waals surface area contributed by atoms with Gasteiger partial charge in [0.2, 0.25) is 0 Å². The number of hydrogen-bond acceptors (Lipinski definition) is 7. The van der Waals surface area contributed by atoms with Crippen molar-refractivity contribution in [2.24, 2.45) is 0 Å². The maximum atomic E-state index is 5.55. The lowest BCUT2D eigenvalue weighted by molar-refractivity contribution is 0.122. The van der Waals surface area contributed by atoms with E-state index >= 15 is 0 Å². The Balaban J connectivity index is 1.50. The highest BCUT2D eigenvalue weighted by Gasteiger charge is 2.22. The molecule has 1 fully saturated rings. The molecule has 0 aliphatic carbocycles. The fraction of sp³-hybridized carbons (Fsp3) is 0.348. The van der Waals surface area contributed by atoms with Crippen LogP contribution in [0, 0.1) is 6.92 Å². The third kappa shape index (κ3) is 3.30. The van der Waals surface area contributed by atoms with E-state index in [1.807, 2.05) is 17.6 Å². The smallest absolute Gasteiger partial charge is 0.165 e. The second-order valence-electron chi connectivity index (χ2n) is 8.26. The standard InChI is InChI=1S/C23H26N8O/c1-15-22(28-19-4-2-3-16-5-6-24-12-18(16)19)31-23(27-15)17(20-13-25-14-26-20)11-21(29-31)30-7-9-32-10-8-30/h2-4,11,13-14,24,28H,5-10,12H2,1H3,(H,25,26). The number of nitrogens with zero attached hydrogens (tertiary/aromatic N) is 5. The highest BCUT2D eigenvalue weighted by atomic mass is 16.5. The number of morpholine rings is 1. The van der Waals surface area contributed by atoms with Crippen molar-refractivity contribution >= 4 is 23.0 Å². The van der Waals surface area contributed by atoms with Crippen LogP contribution in [0.3, 0.4) is 0 Å². The van der Waals surface area contributed by atoms with Crippen LogP contribution in [0.5, 0.6) is 0 Å². The summed E-state index contributed by atoms with van der Waals surface area (Å²) in [5.41, 5.74) is 7.40. The number of benzene rings is 1. The fourth-order valence-corrected chi connectivity index (χ4v) is 4.57. The molecule has 32 heavy (non-hydrogen) atoms. The van der Waals surface area contributed by atoms with E-state index in [0.717, 1.165) is 72.5 Å². The van der Waals surface area contributed by atoms with Crippen LogP contribution in [0.25, 0.3) is 16.9 Å². The summed E-state index contributed by atoms with van der Waals surface area (Å²) >= 11 is 0. The minimum atomic E-state index is 0.705. The Labute approximate surface area is 185 Å². The molecule has 2 aliphatic heterocycles. The van der Waals surface area contributed by atoms with Crippen molar-refractivity contribution in [1.29, 1.82) is 0 Å². The van der Waals surface area contributed by atoms with E-state index in [1.54, 1.807) is 6.33 Å². The molecule has 0 bridgehead atoms. The molecule has 3 N–H and O–H groups in total. The molecular formula is C23H26N8O. The molecule has 0 atom stereocenters. The summed E-state index contributed by atoms with van der Waals surface area (Å²) in [6.45, 7) is 6.94. The number of anilines is 3. The minimum absolute atomic E-state index is 0.705. The molecule has 1 aromatic carbocycles. The van der Waals surface area contributed by atoms with E-state index < -0.39 is 0 Å². The SMILES string of the molecule is Cc1nc2c(-c3cnc[nH]3)cc(N3CCOCC3)nn2c1Nc1cccc2c1CNCC2. The van der Waals surface area contributed by atoms with E-state index in [0.29, 0.717) is 13.2 Å². The van der Waals surface area contributed by atoms with Gasteiger partial charge in [0, 0.05) is 30.9 Å². The van der Waals surface area contributed by atoms with Gasteiger partial charge in [0.1, 0.15) is 0 Å². The zero-order chi connectivity index (χ0) is 21.5. The molecule has 0 unspecified atom stereocenters. The van der Waals surface area contributed by atoms with Crippen molar-refractivity contribution in [2.45, 2.75) is 19.9 Å². The van der Waals surface area contributed by atoms with Crippen molar-refractivity contribution in [1.82, 2.24) is 29.9 Å². The topological polar surface area (TPSA) is 95.4 Å². The fourth-order valence-electron chi connectivity index (χ4n) is 4.57. The van der Waals surface area contributed by atoms with Gasteiger partial charge in [-0.2, -0.15) is 4.52 Å². The molecule has 9 nitrogen and oxygen atoms in total. The van der Waals surface area contributed by atoms with Crippen LogP contribution in [0.2, 0.25) is 0 Å². The first-order chi connectivity index (χ1) is 15.8. The summed E-state index contributed by atoms with van der Waals surface area (Å²) in [6.07, 6.45) is 4.56. The molecule has 6 rings (SSSR count). The largest absolute Gasteiger partial charge is 0.378 e. The molecule has 164 valence electrons. The molecule has 4 aromatic rings. The lowest BCUT2D eigenvalue weighted by Gasteiger charge is -2.28. The van der Waals surface area contributed by atoms with E-state index in [-0.39, 0.29) is 0 Å². The third-order valence-electron chi connectivity index (χ3n) is 6.27. The Bertz CT molecular complexity index is 1260. The Morgan fingerprint density at radius 2 is 2.09 bits per heavy atom. The highest BCUT2D eigenvalue weighted by Crippen LogP contribution is 2.32. The van der Waals surface area contributed by atoms with Crippen molar-refractivity contribution in [3.8, 4) is 11.3 Å². The first-order valence-electron chi connectivity index (χ1n) is 11.1. The van der Waals surface area contributed by atoms with E-state index in [2.05, 4.69) is 49.8 Å². The van der Waals surface area contributed by atoms with E-state index in [9.17, 15) is 0 Å². The van der Waals surface area contributed by atoms with Crippen LogP contribution < -0.4 is 15.5 Å². The summed E-state index contributed by atoms with van der Waals surface area (Å²) in [7, 11) is 0. The molecule has 0 spiro atoms. The second kappa shape index (κ2) is 7.92. The first kappa shape index (κ1) is 19.3. The van der Waals surface area contributed by atoms with Gasteiger partial charge in [0.15, 0.2) is 17.3 Å². The summed E-state index contributed by atoms with van der Waals surface area (Å²) in [6, 6.07) is 8.56. The van der Waals surface area contributed by atoms with Gasteiger partial charge in [-0.3, -0.25) is 0 Å². The number of rotatable bonds is 4. The maximum Gasteiger partial charge on any atom is 0.165 e. The van der Waals surface area contributed by atoms with Gasteiger partial charge < -0.3 is 25.3 Å². The number of aromatic nitrogens is 5. The lowest BCUT2D eigenvalue weighted by atomic mass is 9.99. The van der Waals surface area contributed by atoms with Crippen molar-refractivity contribution < 1.29 is 4.74 Å². The average molecular weight is 431 g/mol. The molecule has 3 aromatic heterocycles. The molecule has 5 heterocycles. The van der Waals surface area contributed by atoms with Crippen LogP contribution in [0.15, 0.2) is 36.8 Å². The van der Waals surface area contributed by atoms with Gasteiger partial charge in [-0.05, 0) is 43.1 Å². The average Bonchev–Trinajstić information content (AvgIpc) is 3.48. The zero-order valence-corrected chi connectivity index (χ0v) is 18.1. The molecule has 1 saturated heterocycles. The van der Waals surface area contributed by atoms with Gasteiger partial charge in [0.25, 0.3) is 0 Å². The van der Waals surface area contributed by atoms with Gasteiger partial charge >= 0.3 is 0 Å². The summed E-state index contributed by atoms with van der Waals surface area (Å²) in [5.74, 6) is 1.79. The number of ether oxygens (including phenoxy) is 1. The number of fused-ring (bicyclic) bond motifs is 2. The predicted molar refractivity (Wildman–Crippen MR) is 123 cm³/mol.